The van der Waals surface area contributed by atoms with Gasteiger partial charge in [0.2, 0.25) is 11.8 Å². The van der Waals surface area contributed by atoms with Gasteiger partial charge < -0.3 is 30.5 Å². The lowest BCUT2D eigenvalue weighted by Crippen LogP contribution is -2.57. The van der Waals surface area contributed by atoms with Crippen molar-refractivity contribution in [2.45, 2.75) is 62.0 Å². The fourth-order valence-electron chi connectivity index (χ4n) is 6.18. The first kappa shape index (κ1) is 36.5. The second-order valence-corrected chi connectivity index (χ2v) is 14.3. The summed E-state index contributed by atoms with van der Waals surface area (Å²) >= 11 is 13.4. The predicted octanol–water partition coefficient (Wildman–Crippen LogP) is 5.95. The number of thioether (sulfide) groups is 1. The van der Waals surface area contributed by atoms with Crippen LogP contribution < -0.4 is 20.3 Å². The summed E-state index contributed by atoms with van der Waals surface area (Å²) in [6.07, 6.45) is 4.82. The Morgan fingerprint density at radius 3 is 2.16 bits per heavy atom. The number of halogens is 2. The largest absolute Gasteiger partial charge is 0.484 e. The van der Waals surface area contributed by atoms with Crippen molar-refractivity contribution in [2.24, 2.45) is 5.92 Å². The second kappa shape index (κ2) is 17.2. The van der Waals surface area contributed by atoms with Crippen molar-refractivity contribution in [1.82, 2.24) is 10.6 Å². The molecule has 260 valence electrons. The quantitative estimate of drug-likeness (QED) is 0.141. The van der Waals surface area contributed by atoms with Crippen molar-refractivity contribution in [2.75, 3.05) is 23.8 Å². The number of hydrogen-bond donors (Lipinski definition) is 4. The molecule has 1 aliphatic carbocycles. The van der Waals surface area contributed by atoms with E-state index in [0.717, 1.165) is 37.7 Å². The van der Waals surface area contributed by atoms with Gasteiger partial charge in [0.25, 0.3) is 5.91 Å². The fourth-order valence-corrected chi connectivity index (χ4v) is 7.73. The van der Waals surface area contributed by atoms with Gasteiger partial charge in [-0.1, -0.05) is 79.6 Å². The maximum atomic E-state index is 13.4. The summed E-state index contributed by atoms with van der Waals surface area (Å²) in [5.41, 5.74) is 2.24. The van der Waals surface area contributed by atoms with Crippen LogP contribution in [0.3, 0.4) is 0 Å². The minimum Gasteiger partial charge on any atom is -0.484 e. The number of amides is 3. The molecule has 4 atom stereocenters. The standard InChI is InChI=1S/C36H39Cl2N3O7S/c37-25-10-6-23(7-11-25)30(42)21-49-34-33(41(35(34)45)27-14-12-26(38)13-15-27)24-8-16-28(17-9-24)48-20-32(44)39-19-31(43)40-29(36(46)47)18-22-4-2-1-3-5-22/h6-17,22,29-30,33-34,42H,1-5,18-21H2,(H,39,44)(H,40,43)(H,46,47)/t29-,30?,33-,34-/m1/s1. The number of anilines is 1. The molecule has 1 aliphatic heterocycles. The molecule has 4 N–H and O–H groups in total. The van der Waals surface area contributed by atoms with E-state index >= 15 is 0 Å². The number of aliphatic carboxylic acids is 1. The number of aliphatic hydroxyl groups excluding tert-OH is 1. The first-order valence-electron chi connectivity index (χ1n) is 16.2. The number of nitrogens with zero attached hydrogens (tertiary/aromatic N) is 1. The van der Waals surface area contributed by atoms with E-state index in [2.05, 4.69) is 10.6 Å². The van der Waals surface area contributed by atoms with E-state index in [4.69, 9.17) is 27.9 Å². The van der Waals surface area contributed by atoms with Crippen LogP contribution in [0.15, 0.2) is 72.8 Å². The molecular weight excluding hydrogens is 689 g/mol. The number of carbonyl (C=O) groups excluding carboxylic acids is 3. The number of hydrogen-bond acceptors (Lipinski definition) is 7. The van der Waals surface area contributed by atoms with Crippen LogP contribution in [0.2, 0.25) is 10.0 Å². The summed E-state index contributed by atoms with van der Waals surface area (Å²) in [6, 6.07) is 19.7. The van der Waals surface area contributed by atoms with Crippen LogP contribution in [0, 0.1) is 5.92 Å². The number of nitrogens with one attached hydrogen (secondary N) is 2. The molecule has 10 nitrogen and oxygen atoms in total. The van der Waals surface area contributed by atoms with Crippen LogP contribution in [0.25, 0.3) is 0 Å². The van der Waals surface area contributed by atoms with Gasteiger partial charge in [0.15, 0.2) is 6.61 Å². The zero-order chi connectivity index (χ0) is 34.9. The number of carboxylic acids is 1. The smallest absolute Gasteiger partial charge is 0.326 e. The molecule has 1 saturated carbocycles. The lowest BCUT2D eigenvalue weighted by molar-refractivity contribution is -0.142. The molecule has 1 unspecified atom stereocenters. The monoisotopic (exact) mass is 727 g/mol. The number of rotatable bonds is 15. The van der Waals surface area contributed by atoms with Gasteiger partial charge in [0, 0.05) is 21.5 Å². The summed E-state index contributed by atoms with van der Waals surface area (Å²) in [7, 11) is 0. The highest BCUT2D eigenvalue weighted by Gasteiger charge is 2.49. The normalized spacial score (nSPS) is 19.0. The Bertz CT molecular complexity index is 1600. The molecule has 1 heterocycles. The van der Waals surface area contributed by atoms with Crippen molar-refractivity contribution in [3.63, 3.8) is 0 Å². The molecule has 2 fully saturated rings. The Labute approximate surface area is 299 Å². The third-order valence-corrected chi connectivity index (χ3v) is 10.6. The molecule has 5 rings (SSSR count). The molecule has 0 bridgehead atoms. The third kappa shape index (κ3) is 9.91. The Balaban J connectivity index is 1.15. The highest BCUT2D eigenvalue weighted by molar-refractivity contribution is 8.00. The Hall–Kier alpha value is -3.77. The van der Waals surface area contributed by atoms with Gasteiger partial charge in [-0.05, 0) is 72.0 Å². The molecule has 3 amide bonds. The molecule has 1 saturated heterocycles. The highest BCUT2D eigenvalue weighted by atomic mass is 35.5. The minimum absolute atomic E-state index is 0.0923. The van der Waals surface area contributed by atoms with Crippen LogP contribution in [-0.4, -0.2) is 64.1 Å². The van der Waals surface area contributed by atoms with E-state index < -0.39 is 35.2 Å². The second-order valence-electron chi connectivity index (χ2n) is 12.3. The van der Waals surface area contributed by atoms with E-state index in [1.165, 1.54) is 11.8 Å². The van der Waals surface area contributed by atoms with Crippen LogP contribution >= 0.6 is 35.0 Å². The van der Waals surface area contributed by atoms with Crippen molar-refractivity contribution >= 4 is 64.3 Å². The van der Waals surface area contributed by atoms with Gasteiger partial charge in [0.1, 0.15) is 17.0 Å². The van der Waals surface area contributed by atoms with Crippen LogP contribution in [0.1, 0.15) is 61.8 Å². The third-order valence-electron chi connectivity index (χ3n) is 8.80. The highest BCUT2D eigenvalue weighted by Crippen LogP contribution is 2.46. The van der Waals surface area contributed by atoms with Gasteiger partial charge in [-0.2, -0.15) is 0 Å². The van der Waals surface area contributed by atoms with Gasteiger partial charge in [0.05, 0.1) is 18.7 Å². The number of aliphatic hydroxyl groups is 1. The SMILES string of the molecule is O=C(COc1ccc([C@@H]2[C@@H](SCC(O)c3ccc(Cl)cc3)C(=O)N2c2ccc(Cl)cc2)cc1)NCC(=O)N[C@H](CC1CCCCC1)C(=O)O. The summed E-state index contributed by atoms with van der Waals surface area (Å²) < 4.78 is 5.63. The van der Waals surface area contributed by atoms with Crippen LogP contribution in [0.5, 0.6) is 5.75 Å². The lowest BCUT2D eigenvalue weighted by atomic mass is 9.85. The number of benzene rings is 3. The van der Waals surface area contributed by atoms with Crippen LogP contribution in [0.4, 0.5) is 5.69 Å². The number of β-lactam (4-membered cyclic amide) rings is 1. The van der Waals surface area contributed by atoms with Gasteiger partial charge >= 0.3 is 5.97 Å². The minimum atomic E-state index is -1.08. The molecule has 13 heteroatoms. The molecule has 0 spiro atoms. The van der Waals surface area contributed by atoms with Gasteiger partial charge in [-0.25, -0.2) is 4.79 Å². The van der Waals surface area contributed by atoms with Gasteiger partial charge in [-0.3, -0.25) is 14.4 Å². The van der Waals surface area contributed by atoms with Crippen molar-refractivity contribution < 1.29 is 34.1 Å². The summed E-state index contributed by atoms with van der Waals surface area (Å²) in [6.45, 7) is -0.714. The number of carboxylic acid groups (broad SMARTS) is 1. The zero-order valence-electron chi connectivity index (χ0n) is 26.7. The lowest BCUT2D eigenvalue weighted by Gasteiger charge is -2.47. The van der Waals surface area contributed by atoms with Crippen molar-refractivity contribution in [3.05, 3.63) is 94.0 Å². The predicted molar refractivity (Wildman–Crippen MR) is 190 cm³/mol. The van der Waals surface area contributed by atoms with E-state index in [9.17, 15) is 29.4 Å². The van der Waals surface area contributed by atoms with E-state index in [-0.39, 0.29) is 31.0 Å². The topological polar surface area (TPSA) is 145 Å². The average molecular weight is 729 g/mol. The number of carbonyl (C=O) groups is 4. The zero-order valence-corrected chi connectivity index (χ0v) is 29.1. The molecule has 0 radical (unpaired) electrons. The van der Waals surface area contributed by atoms with E-state index in [1.54, 1.807) is 65.6 Å². The Morgan fingerprint density at radius 1 is 0.898 bits per heavy atom. The van der Waals surface area contributed by atoms with Crippen LogP contribution in [-0.2, 0) is 19.2 Å². The molecule has 3 aromatic carbocycles. The Kier molecular flexibility index (Phi) is 12.9. The first-order valence-corrected chi connectivity index (χ1v) is 18.0. The molecule has 3 aromatic rings. The van der Waals surface area contributed by atoms with Crippen molar-refractivity contribution in [1.29, 1.82) is 0 Å². The van der Waals surface area contributed by atoms with Crippen molar-refractivity contribution in [3.8, 4) is 5.75 Å². The first-order chi connectivity index (χ1) is 23.6. The van der Waals surface area contributed by atoms with E-state index in [1.807, 2.05) is 12.1 Å². The summed E-state index contributed by atoms with van der Waals surface area (Å²) in [5.74, 6) is -1.30. The average Bonchev–Trinajstić information content (AvgIpc) is 3.10. The van der Waals surface area contributed by atoms with E-state index in [0.29, 0.717) is 39.2 Å². The number of ether oxygens (including phenoxy) is 1. The fraction of sp³-hybridized carbons (Fsp3) is 0.389. The molecule has 2 aliphatic rings. The summed E-state index contributed by atoms with van der Waals surface area (Å²) in [4.78, 5) is 51.6. The summed E-state index contributed by atoms with van der Waals surface area (Å²) in [5, 5.41) is 26.0. The maximum Gasteiger partial charge on any atom is 0.326 e. The molecule has 0 aromatic heterocycles. The maximum absolute atomic E-state index is 13.4. The van der Waals surface area contributed by atoms with Gasteiger partial charge in [-0.15, -0.1) is 11.8 Å². The molecule has 49 heavy (non-hydrogen) atoms. The molecular formula is C36H39Cl2N3O7S. The Morgan fingerprint density at radius 2 is 1.53 bits per heavy atom.